The first-order valence-electron chi connectivity index (χ1n) is 6.04. The average Bonchev–Trinajstić information content (AvgIpc) is 2.77. The van der Waals surface area contributed by atoms with Gasteiger partial charge in [0.2, 0.25) is 0 Å². The van der Waals surface area contributed by atoms with E-state index in [0.717, 1.165) is 21.6 Å². The molecule has 1 aromatic rings. The average molecular weight is 272 g/mol. The van der Waals surface area contributed by atoms with Crippen LogP contribution in [0.4, 0.5) is 0 Å². The van der Waals surface area contributed by atoms with E-state index in [1.807, 2.05) is 24.3 Å². The molecule has 0 radical (unpaired) electrons. The Balaban J connectivity index is 2.03. The number of hydrogen-bond acceptors (Lipinski definition) is 3. The van der Waals surface area contributed by atoms with E-state index in [2.05, 4.69) is 0 Å². The lowest BCUT2D eigenvalue weighted by Gasteiger charge is -2.10. The Bertz CT molecular complexity index is 643. The number of fused-ring (bicyclic) bond motifs is 3. The number of thioether (sulfide) groups is 1. The summed E-state index contributed by atoms with van der Waals surface area (Å²) in [5.41, 5.74) is 2.86. The fourth-order valence-electron chi connectivity index (χ4n) is 2.34. The zero-order valence-corrected chi connectivity index (χ0v) is 11.1. The molecule has 2 unspecified atom stereocenters. The first-order valence-corrected chi connectivity index (χ1v) is 6.92. The number of carbonyl (C=O) groups is 2. The van der Waals surface area contributed by atoms with Gasteiger partial charge in [-0.3, -0.25) is 9.59 Å². The molecule has 0 bridgehead atoms. The summed E-state index contributed by atoms with van der Waals surface area (Å²) in [5, 5.41) is 8.89. The van der Waals surface area contributed by atoms with Crippen molar-refractivity contribution in [2.45, 2.75) is 23.0 Å². The molecule has 1 aliphatic heterocycles. The highest BCUT2D eigenvalue weighted by Gasteiger charge is 2.33. The summed E-state index contributed by atoms with van der Waals surface area (Å²) in [7, 11) is 0. The number of hydrogen-bond donors (Lipinski definition) is 1. The molecule has 0 amide bonds. The van der Waals surface area contributed by atoms with Crippen molar-refractivity contribution in [2.75, 3.05) is 0 Å². The number of rotatable bonds is 2. The van der Waals surface area contributed by atoms with Crippen molar-refractivity contribution in [1.29, 1.82) is 0 Å². The van der Waals surface area contributed by atoms with Crippen LogP contribution in [0.2, 0.25) is 0 Å². The molecule has 0 aromatic heterocycles. The SMILES string of the molecule is CC(C(=O)O)c1ccc2c(c1)SC1C(=O)C=CC=C21. The summed E-state index contributed by atoms with van der Waals surface area (Å²) < 4.78 is 0. The quantitative estimate of drug-likeness (QED) is 0.899. The Kier molecular flexibility index (Phi) is 2.82. The maximum Gasteiger partial charge on any atom is 0.310 e. The van der Waals surface area contributed by atoms with Crippen LogP contribution in [0.3, 0.4) is 0 Å². The standard InChI is InChI=1S/C15H12O3S/c1-8(15(17)18)9-5-6-10-11-3-2-4-12(16)14(11)19-13(10)7-9/h2-8,14H,1H3,(H,17,18). The number of allylic oxidation sites excluding steroid dienone is 3. The highest BCUT2D eigenvalue weighted by molar-refractivity contribution is 8.01. The second kappa shape index (κ2) is 4.38. The van der Waals surface area contributed by atoms with Crippen LogP contribution in [0.1, 0.15) is 24.0 Å². The maximum atomic E-state index is 11.8. The molecular formula is C15H12O3S. The topological polar surface area (TPSA) is 54.4 Å². The number of aliphatic carboxylic acids is 1. The molecule has 1 aliphatic carbocycles. The third-order valence-electron chi connectivity index (χ3n) is 3.51. The van der Waals surface area contributed by atoms with Gasteiger partial charge in [0, 0.05) is 4.90 Å². The summed E-state index contributed by atoms with van der Waals surface area (Å²) >= 11 is 1.51. The molecular weight excluding hydrogens is 260 g/mol. The van der Waals surface area contributed by atoms with Crippen LogP contribution in [0.25, 0.3) is 5.57 Å². The molecule has 2 atom stereocenters. The highest BCUT2D eigenvalue weighted by atomic mass is 32.2. The van der Waals surface area contributed by atoms with Gasteiger partial charge in [-0.2, -0.15) is 0 Å². The van der Waals surface area contributed by atoms with Gasteiger partial charge in [-0.05, 0) is 35.8 Å². The first-order chi connectivity index (χ1) is 9.08. The van der Waals surface area contributed by atoms with Crippen molar-refractivity contribution < 1.29 is 14.7 Å². The van der Waals surface area contributed by atoms with Gasteiger partial charge in [0.25, 0.3) is 0 Å². The van der Waals surface area contributed by atoms with Crippen molar-refractivity contribution in [1.82, 2.24) is 0 Å². The smallest absolute Gasteiger partial charge is 0.310 e. The number of benzene rings is 1. The minimum absolute atomic E-state index is 0.103. The van der Waals surface area contributed by atoms with Gasteiger partial charge in [0.05, 0.1) is 11.2 Å². The van der Waals surface area contributed by atoms with Crippen molar-refractivity contribution >= 4 is 29.1 Å². The number of carbonyl (C=O) groups excluding carboxylic acids is 1. The van der Waals surface area contributed by atoms with Crippen LogP contribution in [0.5, 0.6) is 0 Å². The van der Waals surface area contributed by atoms with E-state index < -0.39 is 11.9 Å². The molecule has 96 valence electrons. The number of carboxylic acid groups (broad SMARTS) is 1. The molecule has 1 aromatic carbocycles. The third-order valence-corrected chi connectivity index (χ3v) is 4.82. The Morgan fingerprint density at radius 2 is 2.21 bits per heavy atom. The Morgan fingerprint density at radius 1 is 1.42 bits per heavy atom. The van der Waals surface area contributed by atoms with Crippen LogP contribution >= 0.6 is 11.8 Å². The van der Waals surface area contributed by atoms with E-state index >= 15 is 0 Å². The number of ketones is 1. The summed E-state index contributed by atoms with van der Waals surface area (Å²) in [6.07, 6.45) is 5.33. The molecule has 4 heteroatoms. The van der Waals surface area contributed by atoms with Crippen molar-refractivity contribution in [3.8, 4) is 0 Å². The second-order valence-corrected chi connectivity index (χ2v) is 5.84. The van der Waals surface area contributed by atoms with Crippen LogP contribution < -0.4 is 0 Å². The molecule has 2 aliphatic rings. The van der Waals surface area contributed by atoms with Gasteiger partial charge in [-0.15, -0.1) is 11.8 Å². The molecule has 1 N–H and O–H groups in total. The molecule has 0 spiro atoms. The second-order valence-electron chi connectivity index (χ2n) is 4.70. The summed E-state index contributed by atoms with van der Waals surface area (Å²) in [5.74, 6) is -1.26. The van der Waals surface area contributed by atoms with Crippen molar-refractivity contribution in [3.63, 3.8) is 0 Å². The van der Waals surface area contributed by atoms with Gasteiger partial charge in [0.1, 0.15) is 0 Å². The van der Waals surface area contributed by atoms with Gasteiger partial charge < -0.3 is 5.11 Å². The van der Waals surface area contributed by atoms with Crippen molar-refractivity contribution in [2.24, 2.45) is 0 Å². The predicted molar refractivity (Wildman–Crippen MR) is 74.3 cm³/mol. The molecule has 0 fully saturated rings. The van der Waals surface area contributed by atoms with Crippen LogP contribution in [0, 0.1) is 0 Å². The van der Waals surface area contributed by atoms with Crippen LogP contribution in [-0.4, -0.2) is 22.1 Å². The lowest BCUT2D eigenvalue weighted by Crippen LogP contribution is -2.14. The summed E-state index contributed by atoms with van der Waals surface area (Å²) in [6.45, 7) is 1.67. The summed E-state index contributed by atoms with van der Waals surface area (Å²) in [6, 6.07) is 5.66. The van der Waals surface area contributed by atoms with Gasteiger partial charge >= 0.3 is 5.97 Å². The van der Waals surface area contributed by atoms with Gasteiger partial charge in [-0.25, -0.2) is 0 Å². The first kappa shape index (κ1) is 12.2. The molecule has 3 rings (SSSR count). The molecule has 19 heavy (non-hydrogen) atoms. The largest absolute Gasteiger partial charge is 0.481 e. The van der Waals surface area contributed by atoms with Gasteiger partial charge in [0.15, 0.2) is 5.78 Å². The van der Waals surface area contributed by atoms with Crippen LogP contribution in [-0.2, 0) is 9.59 Å². The molecule has 3 nitrogen and oxygen atoms in total. The molecule has 0 saturated carbocycles. The van der Waals surface area contributed by atoms with Crippen LogP contribution in [0.15, 0.2) is 41.3 Å². The maximum absolute atomic E-state index is 11.8. The lowest BCUT2D eigenvalue weighted by atomic mass is 9.93. The molecule has 1 heterocycles. The van der Waals surface area contributed by atoms with Crippen molar-refractivity contribution in [3.05, 3.63) is 47.6 Å². The fourth-order valence-corrected chi connectivity index (χ4v) is 3.64. The van der Waals surface area contributed by atoms with E-state index in [4.69, 9.17) is 5.11 Å². The minimum atomic E-state index is -0.836. The highest BCUT2D eigenvalue weighted by Crippen LogP contribution is 2.47. The fraction of sp³-hybridized carbons (Fsp3) is 0.200. The van der Waals surface area contributed by atoms with E-state index in [0.29, 0.717) is 0 Å². The van der Waals surface area contributed by atoms with Gasteiger partial charge in [-0.1, -0.05) is 24.3 Å². The summed E-state index contributed by atoms with van der Waals surface area (Å²) in [4.78, 5) is 23.8. The number of carboxylic acids is 1. The Morgan fingerprint density at radius 3 is 2.95 bits per heavy atom. The normalized spacial score (nSPS) is 21.6. The minimum Gasteiger partial charge on any atom is -0.481 e. The zero-order chi connectivity index (χ0) is 13.6. The van der Waals surface area contributed by atoms with E-state index in [-0.39, 0.29) is 11.0 Å². The third kappa shape index (κ3) is 1.92. The van der Waals surface area contributed by atoms with E-state index in [1.54, 1.807) is 19.1 Å². The monoisotopic (exact) mass is 272 g/mol. The lowest BCUT2D eigenvalue weighted by molar-refractivity contribution is -0.138. The van der Waals surface area contributed by atoms with E-state index in [1.165, 1.54) is 11.8 Å². The Hall–Kier alpha value is -1.81. The zero-order valence-electron chi connectivity index (χ0n) is 10.3. The molecule has 0 saturated heterocycles. The predicted octanol–water partition coefficient (Wildman–Crippen LogP) is 2.87. The Labute approximate surface area is 115 Å². The van der Waals surface area contributed by atoms with E-state index in [9.17, 15) is 9.59 Å².